The first-order valence-electron chi connectivity index (χ1n) is 6.22. The third-order valence-corrected chi connectivity index (χ3v) is 4.66. The quantitative estimate of drug-likeness (QED) is 0.587. The number of hydrogen-bond donors (Lipinski definition) is 0. The van der Waals surface area contributed by atoms with Gasteiger partial charge in [-0.2, -0.15) is 0 Å². The van der Waals surface area contributed by atoms with Crippen LogP contribution in [0.25, 0.3) is 15.2 Å². The van der Waals surface area contributed by atoms with E-state index < -0.39 is 0 Å². The molecule has 3 heteroatoms. The van der Waals surface area contributed by atoms with Gasteiger partial charge in [0.2, 0.25) is 0 Å². The highest BCUT2D eigenvalue weighted by atomic mass is 32.1. The smallest absolute Gasteiger partial charge is 0.195 e. The molecule has 2 nitrogen and oxygen atoms in total. The van der Waals surface area contributed by atoms with Gasteiger partial charge in [-0.05, 0) is 50.3 Å². The first-order chi connectivity index (χ1) is 8.33. The minimum absolute atomic E-state index is 1.16. The highest BCUT2D eigenvalue weighted by molar-refractivity contribution is 7.23. The standard InChI is InChI=1S/C14H14N2S/c1-9-6-7-12-13(8-9)17-14-15-10-4-2-3-5-11(10)16(12)14/h6-8H,2-5H2,1H3. The number of imidazole rings is 1. The fraction of sp³-hybridized carbons (Fsp3) is 0.357. The van der Waals surface area contributed by atoms with E-state index in [-0.39, 0.29) is 0 Å². The molecule has 0 saturated carbocycles. The van der Waals surface area contributed by atoms with E-state index in [9.17, 15) is 0 Å². The fourth-order valence-corrected chi connectivity index (χ4v) is 3.98. The molecule has 0 N–H and O–H groups in total. The molecule has 1 aliphatic carbocycles. The molecule has 2 heterocycles. The van der Waals surface area contributed by atoms with Gasteiger partial charge in [-0.25, -0.2) is 4.98 Å². The van der Waals surface area contributed by atoms with Gasteiger partial charge in [0.1, 0.15) is 0 Å². The van der Waals surface area contributed by atoms with E-state index in [1.165, 1.54) is 51.4 Å². The molecule has 0 radical (unpaired) electrons. The molecule has 86 valence electrons. The second kappa shape index (κ2) is 3.33. The number of hydrogen-bond acceptors (Lipinski definition) is 2. The lowest BCUT2D eigenvalue weighted by Crippen LogP contribution is -2.03. The van der Waals surface area contributed by atoms with Crippen molar-refractivity contribution in [1.82, 2.24) is 9.38 Å². The van der Waals surface area contributed by atoms with E-state index in [4.69, 9.17) is 4.98 Å². The lowest BCUT2D eigenvalue weighted by atomic mass is 10.0. The molecule has 0 spiro atoms. The Morgan fingerprint density at radius 3 is 3.06 bits per heavy atom. The molecular formula is C14H14N2S. The predicted molar refractivity (Wildman–Crippen MR) is 72.0 cm³/mol. The highest BCUT2D eigenvalue weighted by Crippen LogP contribution is 2.32. The number of aryl methyl sites for hydroxylation is 3. The second-order valence-corrected chi connectivity index (χ2v) is 5.91. The number of aromatic nitrogens is 2. The summed E-state index contributed by atoms with van der Waals surface area (Å²) in [5.41, 5.74) is 5.47. The summed E-state index contributed by atoms with van der Waals surface area (Å²) in [5, 5.41) is 0. The number of nitrogens with zero attached hydrogens (tertiary/aromatic N) is 2. The molecule has 2 aromatic heterocycles. The molecular weight excluding hydrogens is 228 g/mol. The van der Waals surface area contributed by atoms with Gasteiger partial charge in [-0.1, -0.05) is 17.4 Å². The van der Waals surface area contributed by atoms with Crippen LogP contribution in [0.15, 0.2) is 18.2 Å². The Kier molecular flexibility index (Phi) is 1.89. The normalized spacial score (nSPS) is 15.6. The van der Waals surface area contributed by atoms with Crippen molar-refractivity contribution in [3.05, 3.63) is 35.2 Å². The van der Waals surface area contributed by atoms with Crippen LogP contribution in [-0.2, 0) is 12.8 Å². The molecule has 0 atom stereocenters. The van der Waals surface area contributed by atoms with Crippen LogP contribution >= 0.6 is 11.3 Å². The Hall–Kier alpha value is -1.35. The Morgan fingerprint density at radius 2 is 2.12 bits per heavy atom. The molecule has 3 aromatic rings. The third kappa shape index (κ3) is 1.29. The van der Waals surface area contributed by atoms with Gasteiger partial charge in [0, 0.05) is 5.69 Å². The maximum absolute atomic E-state index is 4.80. The van der Waals surface area contributed by atoms with Crippen LogP contribution in [0.3, 0.4) is 0 Å². The highest BCUT2D eigenvalue weighted by Gasteiger charge is 2.19. The topological polar surface area (TPSA) is 17.3 Å². The fourth-order valence-electron chi connectivity index (χ4n) is 2.82. The summed E-state index contributed by atoms with van der Waals surface area (Å²) in [6, 6.07) is 6.71. The monoisotopic (exact) mass is 242 g/mol. The van der Waals surface area contributed by atoms with Crippen molar-refractivity contribution in [1.29, 1.82) is 0 Å². The lowest BCUT2D eigenvalue weighted by Gasteiger charge is -2.10. The molecule has 4 rings (SSSR count). The summed E-state index contributed by atoms with van der Waals surface area (Å²) in [7, 11) is 0. The number of thiazole rings is 1. The van der Waals surface area contributed by atoms with Crippen LogP contribution in [0.4, 0.5) is 0 Å². The van der Waals surface area contributed by atoms with Crippen molar-refractivity contribution in [2.24, 2.45) is 0 Å². The summed E-state index contributed by atoms with van der Waals surface area (Å²) in [5.74, 6) is 0. The van der Waals surface area contributed by atoms with Crippen LogP contribution in [0.2, 0.25) is 0 Å². The number of fused-ring (bicyclic) bond motifs is 5. The predicted octanol–water partition coefficient (Wildman–Crippen LogP) is 3.74. The van der Waals surface area contributed by atoms with Gasteiger partial charge < -0.3 is 0 Å². The van der Waals surface area contributed by atoms with Crippen molar-refractivity contribution in [2.75, 3.05) is 0 Å². The third-order valence-electron chi connectivity index (χ3n) is 3.66. The molecule has 0 saturated heterocycles. The van der Waals surface area contributed by atoms with E-state index in [1.54, 1.807) is 0 Å². The Morgan fingerprint density at radius 1 is 1.24 bits per heavy atom. The molecule has 0 unspecified atom stereocenters. The van der Waals surface area contributed by atoms with Gasteiger partial charge >= 0.3 is 0 Å². The average molecular weight is 242 g/mol. The van der Waals surface area contributed by atoms with Gasteiger partial charge in [-0.3, -0.25) is 4.40 Å². The summed E-state index contributed by atoms with van der Waals surface area (Å²) in [6.07, 6.45) is 4.96. The molecule has 0 fully saturated rings. The number of benzene rings is 1. The van der Waals surface area contributed by atoms with Gasteiger partial charge in [-0.15, -0.1) is 0 Å². The molecule has 1 aliphatic rings. The van der Waals surface area contributed by atoms with E-state index in [0.717, 1.165) is 6.42 Å². The van der Waals surface area contributed by atoms with Crippen molar-refractivity contribution in [2.45, 2.75) is 32.6 Å². The van der Waals surface area contributed by atoms with Crippen LogP contribution in [0.5, 0.6) is 0 Å². The maximum Gasteiger partial charge on any atom is 0.195 e. The molecule has 0 bridgehead atoms. The minimum atomic E-state index is 1.16. The van der Waals surface area contributed by atoms with Crippen molar-refractivity contribution in [3.8, 4) is 0 Å². The van der Waals surface area contributed by atoms with Crippen LogP contribution in [0, 0.1) is 6.92 Å². The molecule has 17 heavy (non-hydrogen) atoms. The SMILES string of the molecule is Cc1ccc2c(c1)sc1nc3c(n12)CCCC3. The van der Waals surface area contributed by atoms with Gasteiger partial charge in [0.25, 0.3) is 0 Å². The van der Waals surface area contributed by atoms with Crippen molar-refractivity contribution < 1.29 is 0 Å². The van der Waals surface area contributed by atoms with Gasteiger partial charge in [0.15, 0.2) is 4.96 Å². The van der Waals surface area contributed by atoms with Crippen LogP contribution in [0.1, 0.15) is 29.8 Å². The first-order valence-corrected chi connectivity index (χ1v) is 7.04. The first kappa shape index (κ1) is 9.66. The van der Waals surface area contributed by atoms with E-state index in [1.807, 2.05) is 11.3 Å². The lowest BCUT2D eigenvalue weighted by molar-refractivity contribution is 0.662. The van der Waals surface area contributed by atoms with Gasteiger partial charge in [0.05, 0.1) is 15.9 Å². The molecule has 1 aromatic carbocycles. The summed E-state index contributed by atoms with van der Waals surface area (Å²) in [4.78, 5) is 5.98. The Labute approximate surface area is 104 Å². The zero-order valence-corrected chi connectivity index (χ0v) is 10.7. The Bertz CT molecular complexity index is 721. The summed E-state index contributed by atoms with van der Waals surface area (Å²) >= 11 is 1.82. The minimum Gasteiger partial charge on any atom is -0.287 e. The maximum atomic E-state index is 4.80. The van der Waals surface area contributed by atoms with Crippen molar-refractivity contribution >= 4 is 26.5 Å². The molecule has 0 amide bonds. The zero-order valence-electron chi connectivity index (χ0n) is 9.86. The Balaban J connectivity index is 2.14. The second-order valence-electron chi connectivity index (χ2n) is 4.90. The summed E-state index contributed by atoms with van der Waals surface area (Å²) < 4.78 is 3.74. The largest absolute Gasteiger partial charge is 0.287 e. The zero-order chi connectivity index (χ0) is 11.4. The van der Waals surface area contributed by atoms with Crippen LogP contribution in [-0.4, -0.2) is 9.38 Å². The molecule has 0 aliphatic heterocycles. The average Bonchev–Trinajstić information content (AvgIpc) is 2.83. The van der Waals surface area contributed by atoms with E-state index in [2.05, 4.69) is 29.5 Å². The van der Waals surface area contributed by atoms with Crippen molar-refractivity contribution in [3.63, 3.8) is 0 Å². The van der Waals surface area contributed by atoms with E-state index >= 15 is 0 Å². The number of rotatable bonds is 0. The summed E-state index contributed by atoms with van der Waals surface area (Å²) in [6.45, 7) is 2.15. The van der Waals surface area contributed by atoms with Crippen LogP contribution < -0.4 is 0 Å². The van der Waals surface area contributed by atoms with E-state index in [0.29, 0.717) is 0 Å².